The third-order valence-corrected chi connectivity index (χ3v) is 3.36. The van der Waals surface area contributed by atoms with Crippen LogP contribution in [0.4, 0.5) is 5.69 Å². The van der Waals surface area contributed by atoms with Crippen molar-refractivity contribution in [1.82, 2.24) is 0 Å². The van der Waals surface area contributed by atoms with Gasteiger partial charge in [0.25, 0.3) is 0 Å². The summed E-state index contributed by atoms with van der Waals surface area (Å²) in [5.41, 5.74) is 8.80. The lowest BCUT2D eigenvalue weighted by Crippen LogP contribution is -2.37. The summed E-state index contributed by atoms with van der Waals surface area (Å²) in [5.74, 6) is -0.0138. The predicted molar refractivity (Wildman–Crippen MR) is 84.2 cm³/mol. The Morgan fingerprint density at radius 1 is 1.10 bits per heavy atom. The van der Waals surface area contributed by atoms with Crippen molar-refractivity contribution < 1.29 is 9.90 Å². The Morgan fingerprint density at radius 3 is 2.24 bits per heavy atom. The molecular weight excluding hydrogens is 264 g/mol. The molecule has 4 nitrogen and oxygen atoms in total. The van der Waals surface area contributed by atoms with Gasteiger partial charge in [0.15, 0.2) is 0 Å². The van der Waals surface area contributed by atoms with Gasteiger partial charge in [-0.25, -0.2) is 0 Å². The monoisotopic (exact) mass is 284 g/mol. The summed E-state index contributed by atoms with van der Waals surface area (Å²) in [7, 11) is 0. The molecule has 0 spiro atoms. The Balaban J connectivity index is 1.93. The van der Waals surface area contributed by atoms with E-state index in [4.69, 9.17) is 5.73 Å². The van der Waals surface area contributed by atoms with E-state index in [1.54, 1.807) is 24.3 Å². The number of phenolic OH excluding ortho intramolecular Hbond substituents is 1. The van der Waals surface area contributed by atoms with Gasteiger partial charge in [0.2, 0.25) is 5.91 Å². The number of amides is 1. The van der Waals surface area contributed by atoms with Crippen molar-refractivity contribution in [3.63, 3.8) is 0 Å². The summed E-state index contributed by atoms with van der Waals surface area (Å²) >= 11 is 0. The number of aryl methyl sites for hydroxylation is 1. The number of carbonyl (C=O) groups excluding carboxylic acids is 1. The van der Waals surface area contributed by atoms with Crippen LogP contribution in [0.25, 0.3) is 0 Å². The molecule has 0 bridgehead atoms. The molecule has 2 aromatic rings. The zero-order chi connectivity index (χ0) is 15.2. The molecule has 0 aliphatic heterocycles. The Labute approximate surface area is 124 Å². The molecule has 1 amide bonds. The molecule has 4 heteroatoms. The molecule has 4 N–H and O–H groups in total. The minimum atomic E-state index is -0.625. The second kappa shape index (κ2) is 6.90. The molecule has 0 saturated heterocycles. The average Bonchev–Trinajstić information content (AvgIpc) is 2.50. The van der Waals surface area contributed by atoms with E-state index in [1.165, 1.54) is 5.56 Å². The first-order valence-corrected chi connectivity index (χ1v) is 7.01. The first-order valence-electron chi connectivity index (χ1n) is 7.01. The molecule has 0 aliphatic rings. The molecule has 0 fully saturated rings. The van der Waals surface area contributed by atoms with Crippen LogP contribution in [0, 0.1) is 0 Å². The quantitative estimate of drug-likeness (QED) is 0.789. The fourth-order valence-electron chi connectivity index (χ4n) is 2.04. The topological polar surface area (TPSA) is 75.4 Å². The molecule has 0 saturated carbocycles. The summed E-state index contributed by atoms with van der Waals surface area (Å²) in [5, 5.41) is 12.0. The lowest BCUT2D eigenvalue weighted by molar-refractivity contribution is -0.117. The third kappa shape index (κ3) is 4.33. The molecule has 110 valence electrons. The molecule has 1 atom stereocenters. The maximum absolute atomic E-state index is 12.1. The summed E-state index contributed by atoms with van der Waals surface area (Å²) in [6.45, 7) is 2.08. The van der Waals surface area contributed by atoms with Crippen LogP contribution in [-0.2, 0) is 17.6 Å². The Kier molecular flexibility index (Phi) is 4.95. The number of hydrogen-bond acceptors (Lipinski definition) is 3. The molecule has 2 rings (SSSR count). The van der Waals surface area contributed by atoms with Gasteiger partial charge in [-0.05, 0) is 48.2 Å². The molecule has 0 radical (unpaired) electrons. The molecule has 1 unspecified atom stereocenters. The van der Waals surface area contributed by atoms with Gasteiger partial charge in [-0.2, -0.15) is 0 Å². The van der Waals surface area contributed by atoms with Gasteiger partial charge >= 0.3 is 0 Å². The van der Waals surface area contributed by atoms with E-state index in [1.807, 2.05) is 24.3 Å². The SMILES string of the molecule is CCc1ccc(NC(=O)C(N)Cc2ccc(O)cc2)cc1. The van der Waals surface area contributed by atoms with Crippen LogP contribution in [0.3, 0.4) is 0 Å². The second-order valence-corrected chi connectivity index (χ2v) is 5.02. The number of anilines is 1. The Hall–Kier alpha value is -2.33. The standard InChI is InChI=1S/C17H20N2O2/c1-2-12-3-7-14(8-4-12)19-17(21)16(18)11-13-5-9-15(20)10-6-13/h3-10,16,20H,2,11,18H2,1H3,(H,19,21). The van der Waals surface area contributed by atoms with Gasteiger partial charge in [-0.3, -0.25) is 4.79 Å². The molecule has 21 heavy (non-hydrogen) atoms. The number of benzene rings is 2. The van der Waals surface area contributed by atoms with E-state index in [9.17, 15) is 9.90 Å². The van der Waals surface area contributed by atoms with Crippen molar-refractivity contribution in [1.29, 1.82) is 0 Å². The second-order valence-electron chi connectivity index (χ2n) is 5.02. The van der Waals surface area contributed by atoms with Crippen molar-refractivity contribution in [2.24, 2.45) is 5.73 Å². The van der Waals surface area contributed by atoms with Crippen LogP contribution < -0.4 is 11.1 Å². The fourth-order valence-corrected chi connectivity index (χ4v) is 2.04. The minimum Gasteiger partial charge on any atom is -0.508 e. The summed E-state index contributed by atoms with van der Waals surface area (Å²) in [4.78, 5) is 12.1. The Morgan fingerprint density at radius 2 is 1.67 bits per heavy atom. The molecule has 0 heterocycles. The van der Waals surface area contributed by atoms with Gasteiger partial charge in [0.05, 0.1) is 6.04 Å². The van der Waals surface area contributed by atoms with Gasteiger partial charge in [-0.15, -0.1) is 0 Å². The lowest BCUT2D eigenvalue weighted by atomic mass is 10.1. The zero-order valence-corrected chi connectivity index (χ0v) is 12.0. The highest BCUT2D eigenvalue weighted by molar-refractivity contribution is 5.94. The van der Waals surface area contributed by atoms with Crippen molar-refractivity contribution in [2.45, 2.75) is 25.8 Å². The average molecular weight is 284 g/mol. The number of nitrogens with one attached hydrogen (secondary N) is 1. The van der Waals surface area contributed by atoms with Crippen LogP contribution in [0.2, 0.25) is 0 Å². The molecule has 2 aromatic carbocycles. The van der Waals surface area contributed by atoms with Crippen molar-refractivity contribution in [3.05, 3.63) is 59.7 Å². The highest BCUT2D eigenvalue weighted by Crippen LogP contribution is 2.13. The summed E-state index contributed by atoms with van der Waals surface area (Å²) < 4.78 is 0. The number of carbonyl (C=O) groups is 1. The van der Waals surface area contributed by atoms with Crippen LogP contribution in [-0.4, -0.2) is 17.1 Å². The fraction of sp³-hybridized carbons (Fsp3) is 0.235. The van der Waals surface area contributed by atoms with Gasteiger partial charge in [0, 0.05) is 5.69 Å². The number of aromatic hydroxyl groups is 1. The van der Waals surface area contributed by atoms with E-state index in [2.05, 4.69) is 12.2 Å². The van der Waals surface area contributed by atoms with E-state index in [0.717, 1.165) is 17.7 Å². The first-order chi connectivity index (χ1) is 10.1. The maximum Gasteiger partial charge on any atom is 0.241 e. The minimum absolute atomic E-state index is 0.202. The number of nitrogens with two attached hydrogens (primary N) is 1. The number of hydrogen-bond donors (Lipinski definition) is 3. The van der Waals surface area contributed by atoms with Crippen LogP contribution in [0.5, 0.6) is 5.75 Å². The molecule has 0 aromatic heterocycles. The lowest BCUT2D eigenvalue weighted by Gasteiger charge is -2.12. The van der Waals surface area contributed by atoms with Gasteiger partial charge in [-0.1, -0.05) is 31.2 Å². The molecular formula is C17H20N2O2. The normalized spacial score (nSPS) is 11.9. The van der Waals surface area contributed by atoms with E-state index >= 15 is 0 Å². The smallest absolute Gasteiger partial charge is 0.241 e. The predicted octanol–water partition coefficient (Wildman–Crippen LogP) is 2.46. The van der Waals surface area contributed by atoms with Crippen molar-refractivity contribution in [2.75, 3.05) is 5.32 Å². The van der Waals surface area contributed by atoms with E-state index in [-0.39, 0.29) is 11.7 Å². The van der Waals surface area contributed by atoms with E-state index in [0.29, 0.717) is 6.42 Å². The van der Waals surface area contributed by atoms with Crippen LogP contribution in [0.1, 0.15) is 18.1 Å². The summed E-state index contributed by atoms with van der Waals surface area (Å²) in [6.07, 6.45) is 1.40. The summed E-state index contributed by atoms with van der Waals surface area (Å²) in [6, 6.07) is 13.8. The van der Waals surface area contributed by atoms with Crippen LogP contribution >= 0.6 is 0 Å². The van der Waals surface area contributed by atoms with Crippen molar-refractivity contribution in [3.8, 4) is 5.75 Å². The highest BCUT2D eigenvalue weighted by Gasteiger charge is 2.14. The largest absolute Gasteiger partial charge is 0.508 e. The maximum atomic E-state index is 12.1. The number of rotatable bonds is 5. The third-order valence-electron chi connectivity index (χ3n) is 3.36. The van der Waals surface area contributed by atoms with Crippen LogP contribution in [0.15, 0.2) is 48.5 Å². The zero-order valence-electron chi connectivity index (χ0n) is 12.0. The first kappa shape index (κ1) is 15.1. The number of phenols is 1. The van der Waals surface area contributed by atoms with Gasteiger partial charge < -0.3 is 16.2 Å². The Bertz CT molecular complexity index is 591. The van der Waals surface area contributed by atoms with Crippen molar-refractivity contribution >= 4 is 11.6 Å². The molecule has 0 aliphatic carbocycles. The van der Waals surface area contributed by atoms with E-state index < -0.39 is 6.04 Å². The van der Waals surface area contributed by atoms with Gasteiger partial charge in [0.1, 0.15) is 5.75 Å². The highest BCUT2D eigenvalue weighted by atomic mass is 16.3.